The smallest absolute Gasteiger partial charge is 0.349 e. The SMILES string of the molecule is CCc1cccc(C)c1NC(=O)COC(=O)/C(C#N)=C/c1ccc(C(C)C)cc1. The summed E-state index contributed by atoms with van der Waals surface area (Å²) in [5.74, 6) is -0.870. The van der Waals surface area contributed by atoms with Crippen molar-refractivity contribution < 1.29 is 14.3 Å². The maximum atomic E-state index is 12.2. The molecule has 150 valence electrons. The van der Waals surface area contributed by atoms with E-state index in [1.54, 1.807) is 0 Å². The first-order chi connectivity index (χ1) is 13.8. The van der Waals surface area contributed by atoms with Gasteiger partial charge < -0.3 is 10.1 Å². The number of nitriles is 1. The third-order valence-electron chi connectivity index (χ3n) is 4.59. The molecule has 0 aliphatic carbocycles. The van der Waals surface area contributed by atoms with Crippen LogP contribution in [0.5, 0.6) is 0 Å². The van der Waals surface area contributed by atoms with Crippen LogP contribution in [0.25, 0.3) is 6.08 Å². The number of hydrogen-bond donors (Lipinski definition) is 1. The maximum absolute atomic E-state index is 12.2. The van der Waals surface area contributed by atoms with Crippen molar-refractivity contribution in [3.8, 4) is 6.07 Å². The number of carbonyl (C=O) groups excluding carboxylic acids is 2. The molecule has 0 radical (unpaired) electrons. The minimum Gasteiger partial charge on any atom is -0.451 e. The van der Waals surface area contributed by atoms with Crippen LogP contribution in [0.4, 0.5) is 5.69 Å². The minimum absolute atomic E-state index is 0.153. The summed E-state index contributed by atoms with van der Waals surface area (Å²) < 4.78 is 5.03. The first-order valence-electron chi connectivity index (χ1n) is 9.62. The number of para-hydroxylation sites is 1. The molecule has 0 aliphatic rings. The molecule has 0 saturated carbocycles. The fourth-order valence-electron chi connectivity index (χ4n) is 2.87. The lowest BCUT2D eigenvalue weighted by atomic mass is 10.0. The predicted molar refractivity (Wildman–Crippen MR) is 114 cm³/mol. The molecule has 0 heterocycles. The number of benzene rings is 2. The molecule has 2 rings (SSSR count). The summed E-state index contributed by atoms with van der Waals surface area (Å²) in [5, 5.41) is 12.1. The standard InChI is InChI=1S/C24H26N2O3/c1-5-19-8-6-7-17(4)23(19)26-22(27)15-29-24(28)21(14-25)13-18-9-11-20(12-10-18)16(2)3/h6-13,16H,5,15H2,1-4H3,(H,26,27)/b21-13+. The first kappa shape index (κ1) is 21.9. The summed E-state index contributed by atoms with van der Waals surface area (Å²) in [4.78, 5) is 24.4. The number of aryl methyl sites for hydroxylation is 2. The van der Waals surface area contributed by atoms with Crippen LogP contribution in [-0.4, -0.2) is 18.5 Å². The fourth-order valence-corrected chi connectivity index (χ4v) is 2.87. The predicted octanol–water partition coefficient (Wildman–Crippen LogP) is 4.77. The van der Waals surface area contributed by atoms with Crippen LogP contribution in [0, 0.1) is 18.3 Å². The number of ether oxygens (including phenoxy) is 1. The number of rotatable bonds is 7. The lowest BCUT2D eigenvalue weighted by molar-refractivity contribution is -0.142. The van der Waals surface area contributed by atoms with Gasteiger partial charge in [0.1, 0.15) is 11.6 Å². The zero-order valence-electron chi connectivity index (χ0n) is 17.3. The molecule has 0 spiro atoms. The zero-order chi connectivity index (χ0) is 21.4. The van der Waals surface area contributed by atoms with E-state index < -0.39 is 18.5 Å². The van der Waals surface area contributed by atoms with Gasteiger partial charge in [-0.2, -0.15) is 5.26 Å². The van der Waals surface area contributed by atoms with Gasteiger partial charge in [0, 0.05) is 5.69 Å². The highest BCUT2D eigenvalue weighted by atomic mass is 16.5. The average molecular weight is 390 g/mol. The summed E-state index contributed by atoms with van der Waals surface area (Å²) in [6.07, 6.45) is 2.23. The van der Waals surface area contributed by atoms with Crippen LogP contribution in [0.1, 0.15) is 48.9 Å². The highest BCUT2D eigenvalue weighted by Gasteiger charge is 2.15. The largest absolute Gasteiger partial charge is 0.451 e. The van der Waals surface area contributed by atoms with Crippen molar-refractivity contribution in [1.82, 2.24) is 0 Å². The van der Waals surface area contributed by atoms with Crippen molar-refractivity contribution in [2.24, 2.45) is 0 Å². The Labute approximate surface area is 172 Å². The summed E-state index contributed by atoms with van der Waals surface area (Å²) in [6.45, 7) is 7.63. The Hall–Kier alpha value is -3.39. The van der Waals surface area contributed by atoms with Crippen LogP contribution in [0.3, 0.4) is 0 Å². The second kappa shape index (κ2) is 10.2. The van der Waals surface area contributed by atoms with Gasteiger partial charge in [0.25, 0.3) is 5.91 Å². The number of nitrogens with one attached hydrogen (secondary N) is 1. The normalized spacial score (nSPS) is 11.1. The van der Waals surface area contributed by atoms with E-state index in [0.717, 1.165) is 28.8 Å². The molecule has 2 aromatic rings. The van der Waals surface area contributed by atoms with Gasteiger partial charge in [0.2, 0.25) is 0 Å². The molecule has 0 aromatic heterocycles. The van der Waals surface area contributed by atoms with Crippen molar-refractivity contribution in [2.75, 3.05) is 11.9 Å². The van der Waals surface area contributed by atoms with Crippen molar-refractivity contribution in [3.63, 3.8) is 0 Å². The Bertz CT molecular complexity index is 951. The van der Waals surface area contributed by atoms with Gasteiger partial charge >= 0.3 is 5.97 Å². The molecule has 0 fully saturated rings. The highest BCUT2D eigenvalue weighted by molar-refractivity contribution is 6.00. The molecule has 1 N–H and O–H groups in total. The number of hydrogen-bond acceptors (Lipinski definition) is 4. The van der Waals surface area contributed by atoms with Crippen LogP contribution < -0.4 is 5.32 Å². The molecule has 1 amide bonds. The van der Waals surface area contributed by atoms with E-state index in [0.29, 0.717) is 5.92 Å². The Morgan fingerprint density at radius 2 is 1.86 bits per heavy atom. The van der Waals surface area contributed by atoms with Gasteiger partial charge in [-0.1, -0.05) is 63.2 Å². The van der Waals surface area contributed by atoms with Gasteiger partial charge in [-0.25, -0.2) is 4.79 Å². The molecule has 2 aromatic carbocycles. The lowest BCUT2D eigenvalue weighted by Crippen LogP contribution is -2.22. The van der Waals surface area contributed by atoms with E-state index in [4.69, 9.17) is 4.74 Å². The fraction of sp³-hybridized carbons (Fsp3) is 0.292. The van der Waals surface area contributed by atoms with Crippen molar-refractivity contribution in [2.45, 2.75) is 40.0 Å². The number of esters is 1. The molecule has 0 atom stereocenters. The summed E-state index contributed by atoms with van der Waals surface area (Å²) in [7, 11) is 0. The molecule has 0 saturated heterocycles. The zero-order valence-corrected chi connectivity index (χ0v) is 17.3. The molecular formula is C24H26N2O3. The van der Waals surface area contributed by atoms with Crippen molar-refractivity contribution in [3.05, 3.63) is 70.3 Å². The quantitative estimate of drug-likeness (QED) is 0.420. The molecule has 0 aliphatic heterocycles. The maximum Gasteiger partial charge on any atom is 0.349 e. The van der Waals surface area contributed by atoms with Gasteiger partial charge in [0.15, 0.2) is 6.61 Å². The van der Waals surface area contributed by atoms with Crippen molar-refractivity contribution >= 4 is 23.6 Å². The monoisotopic (exact) mass is 390 g/mol. The van der Waals surface area contributed by atoms with Crippen LogP contribution in [-0.2, 0) is 20.7 Å². The van der Waals surface area contributed by atoms with Crippen LogP contribution >= 0.6 is 0 Å². The Morgan fingerprint density at radius 1 is 1.17 bits per heavy atom. The topological polar surface area (TPSA) is 79.2 Å². The third-order valence-corrected chi connectivity index (χ3v) is 4.59. The number of amides is 1. The summed E-state index contributed by atoms with van der Waals surface area (Å²) in [5.41, 5.74) is 4.42. The Kier molecular flexibility index (Phi) is 7.73. The molecule has 5 nitrogen and oxygen atoms in total. The van der Waals surface area contributed by atoms with E-state index in [9.17, 15) is 14.9 Å². The van der Waals surface area contributed by atoms with Crippen LogP contribution in [0.15, 0.2) is 48.0 Å². The Morgan fingerprint density at radius 3 is 2.45 bits per heavy atom. The summed E-state index contributed by atoms with van der Waals surface area (Å²) >= 11 is 0. The van der Waals surface area contributed by atoms with E-state index in [1.165, 1.54) is 11.6 Å². The van der Waals surface area contributed by atoms with E-state index in [2.05, 4.69) is 19.2 Å². The molecular weight excluding hydrogens is 364 g/mol. The van der Waals surface area contributed by atoms with Gasteiger partial charge in [-0.3, -0.25) is 4.79 Å². The molecule has 0 unspecified atom stereocenters. The number of carbonyl (C=O) groups is 2. The first-order valence-corrected chi connectivity index (χ1v) is 9.62. The second-order valence-corrected chi connectivity index (χ2v) is 7.08. The number of anilines is 1. The molecule has 29 heavy (non-hydrogen) atoms. The Balaban J connectivity index is 2.01. The van der Waals surface area contributed by atoms with Gasteiger partial charge in [-0.15, -0.1) is 0 Å². The van der Waals surface area contributed by atoms with Gasteiger partial charge in [0.05, 0.1) is 0 Å². The molecule has 0 bridgehead atoms. The lowest BCUT2D eigenvalue weighted by Gasteiger charge is -2.13. The van der Waals surface area contributed by atoms with E-state index >= 15 is 0 Å². The van der Waals surface area contributed by atoms with Crippen molar-refractivity contribution in [1.29, 1.82) is 5.26 Å². The third kappa shape index (κ3) is 6.05. The van der Waals surface area contributed by atoms with Crippen LogP contribution in [0.2, 0.25) is 0 Å². The highest BCUT2D eigenvalue weighted by Crippen LogP contribution is 2.21. The number of nitrogens with zero attached hydrogens (tertiary/aromatic N) is 1. The minimum atomic E-state index is -0.823. The van der Waals surface area contributed by atoms with Gasteiger partial charge in [-0.05, 0) is 47.6 Å². The molecule has 5 heteroatoms. The van der Waals surface area contributed by atoms with E-state index in [-0.39, 0.29) is 5.57 Å². The average Bonchev–Trinajstić information content (AvgIpc) is 2.72. The second-order valence-electron chi connectivity index (χ2n) is 7.08. The summed E-state index contributed by atoms with van der Waals surface area (Å²) in [6, 6.07) is 15.2. The van der Waals surface area contributed by atoms with E-state index in [1.807, 2.05) is 62.4 Å².